The molecule has 1 aliphatic heterocycles. The molecule has 184 valence electrons. The van der Waals surface area contributed by atoms with Gasteiger partial charge in [0.05, 0.1) is 12.3 Å². The number of amides is 2. The fourth-order valence-electron chi connectivity index (χ4n) is 3.77. The number of nitrogens with one attached hydrogen (secondary N) is 2. The van der Waals surface area contributed by atoms with Crippen LogP contribution in [0.3, 0.4) is 0 Å². The summed E-state index contributed by atoms with van der Waals surface area (Å²) in [5.74, 6) is -0.742. The maximum absolute atomic E-state index is 14.0. The third kappa shape index (κ3) is 6.59. The van der Waals surface area contributed by atoms with E-state index in [0.29, 0.717) is 35.1 Å². The molecule has 4 rings (SSSR count). The number of carbonyl (C=O) groups excluding carboxylic acids is 2. The quantitative estimate of drug-likeness (QED) is 0.468. The highest BCUT2D eigenvalue weighted by Gasteiger charge is 2.19. The van der Waals surface area contributed by atoms with E-state index < -0.39 is 0 Å². The van der Waals surface area contributed by atoms with Gasteiger partial charge in [0, 0.05) is 57.6 Å². The second-order valence-electron chi connectivity index (χ2n) is 8.00. The van der Waals surface area contributed by atoms with Crippen molar-refractivity contribution in [1.82, 2.24) is 20.4 Å². The Morgan fingerprint density at radius 3 is 2.49 bits per heavy atom. The van der Waals surface area contributed by atoms with Gasteiger partial charge in [0.1, 0.15) is 10.8 Å². The predicted octanol–water partition coefficient (Wildman–Crippen LogP) is 2.63. The van der Waals surface area contributed by atoms with Gasteiger partial charge in [-0.15, -0.1) is 10.2 Å². The lowest BCUT2D eigenvalue weighted by atomic mass is 10.2. The second-order valence-corrected chi connectivity index (χ2v) is 9.06. The van der Waals surface area contributed by atoms with E-state index >= 15 is 0 Å². The number of nitrogens with zero attached hydrogens (tertiary/aromatic N) is 4. The Kier molecular flexibility index (Phi) is 8.35. The molecule has 2 amide bonds. The Morgan fingerprint density at radius 2 is 1.77 bits per heavy atom. The summed E-state index contributed by atoms with van der Waals surface area (Å²) in [5, 5.41) is 14.3. The molecule has 0 radical (unpaired) electrons. The first kappa shape index (κ1) is 24.7. The van der Waals surface area contributed by atoms with Gasteiger partial charge >= 0.3 is 0 Å². The smallest absolute Gasteiger partial charge is 0.286 e. The first-order chi connectivity index (χ1) is 17.0. The van der Waals surface area contributed by atoms with Gasteiger partial charge in [-0.3, -0.25) is 14.5 Å². The topological polar surface area (TPSA) is 99.7 Å². The number of rotatable bonds is 9. The molecular weight excluding hydrogens is 471 g/mol. The standard InChI is InChI=1S/C24H27FN6O3S/c1-34-16-21-28-29-24(35-21)23(33)27-18-8-6-17(7-9-18)22(32)26-10-11-30-12-14-31(15-13-30)20-5-3-2-4-19(20)25/h2-9H,10-16H2,1H3,(H,26,32)(H,27,33). The van der Waals surface area contributed by atoms with E-state index in [1.165, 1.54) is 17.4 Å². The van der Waals surface area contributed by atoms with Crippen molar-refractivity contribution in [3.63, 3.8) is 0 Å². The van der Waals surface area contributed by atoms with E-state index in [-0.39, 0.29) is 22.6 Å². The highest BCUT2D eigenvalue weighted by Crippen LogP contribution is 2.20. The SMILES string of the molecule is COCc1nnc(C(=O)Nc2ccc(C(=O)NCCN3CCN(c4ccccc4F)CC3)cc2)s1. The molecule has 1 aromatic heterocycles. The normalized spacial score (nSPS) is 14.1. The molecule has 0 aliphatic carbocycles. The monoisotopic (exact) mass is 498 g/mol. The maximum atomic E-state index is 14.0. The van der Waals surface area contributed by atoms with Crippen molar-refractivity contribution in [2.45, 2.75) is 6.61 Å². The number of halogens is 1. The molecule has 2 aromatic carbocycles. The highest BCUT2D eigenvalue weighted by molar-refractivity contribution is 7.13. The highest BCUT2D eigenvalue weighted by atomic mass is 32.1. The number of hydrogen-bond acceptors (Lipinski definition) is 8. The number of benzene rings is 2. The summed E-state index contributed by atoms with van der Waals surface area (Å²) in [7, 11) is 1.55. The van der Waals surface area contributed by atoms with Crippen LogP contribution in [-0.4, -0.2) is 73.3 Å². The Morgan fingerprint density at radius 1 is 1.03 bits per heavy atom. The zero-order chi connectivity index (χ0) is 24.6. The van der Waals surface area contributed by atoms with Crippen LogP contribution in [-0.2, 0) is 11.3 Å². The molecule has 0 saturated carbocycles. The molecule has 9 nitrogen and oxygen atoms in total. The molecule has 1 saturated heterocycles. The summed E-state index contributed by atoms with van der Waals surface area (Å²) in [4.78, 5) is 29.1. The first-order valence-electron chi connectivity index (χ1n) is 11.3. The Hall–Kier alpha value is -3.41. The molecule has 0 unspecified atom stereocenters. The van der Waals surface area contributed by atoms with Crippen LogP contribution in [0.4, 0.5) is 15.8 Å². The van der Waals surface area contributed by atoms with Gasteiger partial charge in [0.25, 0.3) is 11.8 Å². The van der Waals surface area contributed by atoms with Crippen LogP contribution >= 0.6 is 11.3 Å². The summed E-state index contributed by atoms with van der Waals surface area (Å²) >= 11 is 1.17. The van der Waals surface area contributed by atoms with Crippen molar-refractivity contribution in [1.29, 1.82) is 0 Å². The van der Waals surface area contributed by atoms with E-state index in [1.807, 2.05) is 11.0 Å². The van der Waals surface area contributed by atoms with Crippen LogP contribution in [0.1, 0.15) is 25.2 Å². The number of hydrogen-bond donors (Lipinski definition) is 2. The molecule has 0 atom stereocenters. The summed E-state index contributed by atoms with van der Waals surface area (Å²) in [6.45, 7) is 4.63. The van der Waals surface area contributed by atoms with Gasteiger partial charge in [-0.05, 0) is 36.4 Å². The van der Waals surface area contributed by atoms with Gasteiger partial charge < -0.3 is 20.3 Å². The lowest BCUT2D eigenvalue weighted by Crippen LogP contribution is -2.48. The zero-order valence-electron chi connectivity index (χ0n) is 19.4. The minimum atomic E-state index is -0.364. The minimum absolute atomic E-state index is 0.179. The van der Waals surface area contributed by atoms with Gasteiger partial charge in [0.2, 0.25) is 5.01 Å². The molecule has 2 heterocycles. The number of aromatic nitrogens is 2. The molecule has 0 spiro atoms. The molecule has 11 heteroatoms. The van der Waals surface area contributed by atoms with E-state index in [2.05, 4.69) is 25.7 Å². The number of para-hydroxylation sites is 1. The van der Waals surface area contributed by atoms with Crippen molar-refractivity contribution >= 4 is 34.5 Å². The summed E-state index contributed by atoms with van der Waals surface area (Å²) in [5.41, 5.74) is 1.70. The maximum Gasteiger partial charge on any atom is 0.286 e. The van der Waals surface area contributed by atoms with Crippen molar-refractivity contribution < 1.29 is 18.7 Å². The molecular formula is C24H27FN6O3S. The zero-order valence-corrected chi connectivity index (χ0v) is 20.2. The number of methoxy groups -OCH3 is 1. The van der Waals surface area contributed by atoms with Gasteiger partial charge in [-0.25, -0.2) is 4.39 Å². The van der Waals surface area contributed by atoms with Gasteiger partial charge in [-0.2, -0.15) is 0 Å². The lowest BCUT2D eigenvalue weighted by Gasteiger charge is -2.36. The van der Waals surface area contributed by atoms with Crippen LogP contribution in [0.2, 0.25) is 0 Å². The number of piperazine rings is 1. The number of ether oxygens (including phenoxy) is 1. The largest absolute Gasteiger partial charge is 0.377 e. The Labute approximate surface area is 206 Å². The van der Waals surface area contributed by atoms with Crippen LogP contribution in [0.25, 0.3) is 0 Å². The molecule has 3 aromatic rings. The summed E-state index contributed by atoms with van der Waals surface area (Å²) in [6, 6.07) is 13.5. The van der Waals surface area contributed by atoms with Gasteiger partial charge in [-0.1, -0.05) is 23.5 Å². The molecule has 1 aliphatic rings. The Balaban J connectivity index is 1.19. The molecule has 2 N–H and O–H groups in total. The second kappa shape index (κ2) is 11.8. The van der Waals surface area contributed by atoms with Crippen molar-refractivity contribution in [2.75, 3.05) is 56.6 Å². The van der Waals surface area contributed by atoms with Crippen LogP contribution in [0.5, 0.6) is 0 Å². The van der Waals surface area contributed by atoms with Gasteiger partial charge in [0.15, 0.2) is 0 Å². The minimum Gasteiger partial charge on any atom is -0.377 e. The van der Waals surface area contributed by atoms with E-state index in [1.54, 1.807) is 43.5 Å². The summed E-state index contributed by atoms with van der Waals surface area (Å²) < 4.78 is 19.0. The number of anilines is 2. The van der Waals surface area contributed by atoms with E-state index in [0.717, 1.165) is 32.7 Å². The first-order valence-corrected chi connectivity index (χ1v) is 12.1. The van der Waals surface area contributed by atoms with Crippen molar-refractivity contribution in [2.24, 2.45) is 0 Å². The summed E-state index contributed by atoms with van der Waals surface area (Å²) in [6.07, 6.45) is 0. The molecule has 1 fully saturated rings. The fraction of sp³-hybridized carbons (Fsp3) is 0.333. The van der Waals surface area contributed by atoms with Crippen LogP contribution in [0.15, 0.2) is 48.5 Å². The third-order valence-corrected chi connectivity index (χ3v) is 6.51. The molecule has 35 heavy (non-hydrogen) atoms. The number of carbonyl (C=O) groups is 2. The average Bonchev–Trinajstić information content (AvgIpc) is 3.34. The molecule has 0 bridgehead atoms. The predicted molar refractivity (Wildman–Crippen MR) is 132 cm³/mol. The average molecular weight is 499 g/mol. The van der Waals surface area contributed by atoms with E-state index in [9.17, 15) is 14.0 Å². The fourth-order valence-corrected chi connectivity index (χ4v) is 4.47. The lowest BCUT2D eigenvalue weighted by molar-refractivity contribution is 0.0947. The van der Waals surface area contributed by atoms with Crippen molar-refractivity contribution in [3.05, 3.63) is 69.9 Å². The van der Waals surface area contributed by atoms with E-state index in [4.69, 9.17) is 4.74 Å². The van der Waals surface area contributed by atoms with Crippen LogP contribution < -0.4 is 15.5 Å². The van der Waals surface area contributed by atoms with Crippen molar-refractivity contribution in [3.8, 4) is 0 Å². The third-order valence-electron chi connectivity index (χ3n) is 5.61. The Bertz CT molecular complexity index is 1150. The van der Waals surface area contributed by atoms with Crippen LogP contribution in [0, 0.1) is 5.82 Å².